The largest absolute Gasteiger partial charge is 0.497 e. The number of hydrogen-bond donors (Lipinski definition) is 1. The first kappa shape index (κ1) is 24.1. The van der Waals surface area contributed by atoms with Gasteiger partial charge in [0, 0.05) is 25.6 Å². The quantitative estimate of drug-likeness (QED) is 0.472. The van der Waals surface area contributed by atoms with E-state index in [0.717, 1.165) is 36.3 Å². The molecule has 0 unspecified atom stereocenters. The summed E-state index contributed by atoms with van der Waals surface area (Å²) >= 11 is 0. The van der Waals surface area contributed by atoms with Crippen molar-refractivity contribution in [2.75, 3.05) is 39.2 Å². The summed E-state index contributed by atoms with van der Waals surface area (Å²) in [7, 11) is 3.24. The minimum absolute atomic E-state index is 0.109. The fourth-order valence-corrected chi connectivity index (χ4v) is 3.96. The molecule has 7 nitrogen and oxygen atoms in total. The van der Waals surface area contributed by atoms with Gasteiger partial charge in [-0.3, -0.25) is 0 Å². The van der Waals surface area contributed by atoms with E-state index < -0.39 is 0 Å². The van der Waals surface area contributed by atoms with Crippen LogP contribution in [0.25, 0.3) is 6.08 Å². The summed E-state index contributed by atoms with van der Waals surface area (Å²) < 4.78 is 16.3. The first-order valence-electron chi connectivity index (χ1n) is 11.7. The fourth-order valence-electron chi connectivity index (χ4n) is 3.96. The third kappa shape index (κ3) is 6.99. The number of methoxy groups -OCH3 is 2. The lowest BCUT2D eigenvalue weighted by Gasteiger charge is -2.28. The zero-order chi connectivity index (χ0) is 24.5. The molecule has 2 amide bonds. The van der Waals surface area contributed by atoms with Crippen molar-refractivity contribution in [2.45, 2.75) is 19.3 Å². The van der Waals surface area contributed by atoms with E-state index in [1.807, 2.05) is 35.2 Å². The van der Waals surface area contributed by atoms with Crippen LogP contribution in [0.1, 0.15) is 24.0 Å². The molecule has 2 heterocycles. The Morgan fingerprint density at radius 3 is 2.54 bits per heavy atom. The molecule has 0 saturated carbocycles. The van der Waals surface area contributed by atoms with Crippen LogP contribution < -0.4 is 19.5 Å². The Morgan fingerprint density at radius 2 is 1.80 bits per heavy atom. The highest BCUT2D eigenvalue weighted by molar-refractivity contribution is 5.89. The van der Waals surface area contributed by atoms with E-state index in [0.29, 0.717) is 31.3 Å². The number of amides is 2. The molecule has 1 fully saturated rings. The van der Waals surface area contributed by atoms with Gasteiger partial charge in [-0.05, 0) is 54.3 Å². The van der Waals surface area contributed by atoms with Crippen molar-refractivity contribution in [1.29, 1.82) is 0 Å². The van der Waals surface area contributed by atoms with Crippen LogP contribution in [-0.4, -0.2) is 49.8 Å². The van der Waals surface area contributed by atoms with Gasteiger partial charge >= 0.3 is 6.03 Å². The van der Waals surface area contributed by atoms with E-state index in [1.165, 1.54) is 11.1 Å². The maximum absolute atomic E-state index is 12.6. The topological polar surface area (TPSA) is 72.9 Å². The number of aromatic nitrogens is 1. The zero-order valence-electron chi connectivity index (χ0n) is 20.2. The van der Waals surface area contributed by atoms with Crippen LogP contribution >= 0.6 is 0 Å². The van der Waals surface area contributed by atoms with Crippen molar-refractivity contribution in [1.82, 2.24) is 9.88 Å². The van der Waals surface area contributed by atoms with Crippen molar-refractivity contribution in [2.24, 2.45) is 0 Å². The average molecular weight is 474 g/mol. The van der Waals surface area contributed by atoms with Crippen LogP contribution in [0.15, 0.2) is 72.4 Å². The monoisotopic (exact) mass is 473 g/mol. The average Bonchev–Trinajstić information content (AvgIpc) is 2.90. The zero-order valence-corrected chi connectivity index (χ0v) is 20.2. The summed E-state index contributed by atoms with van der Waals surface area (Å²) in [6.07, 6.45) is 6.30. The van der Waals surface area contributed by atoms with E-state index in [2.05, 4.69) is 34.6 Å². The second kappa shape index (κ2) is 11.9. The van der Waals surface area contributed by atoms with Crippen LogP contribution in [0.3, 0.4) is 0 Å². The highest BCUT2D eigenvalue weighted by Crippen LogP contribution is 2.23. The summed E-state index contributed by atoms with van der Waals surface area (Å²) in [6, 6.07) is 19.6. The van der Waals surface area contributed by atoms with Gasteiger partial charge in [0.15, 0.2) is 0 Å². The summed E-state index contributed by atoms with van der Waals surface area (Å²) in [5, 5.41) is 2.90. The van der Waals surface area contributed by atoms with Crippen LogP contribution in [0.4, 0.5) is 10.5 Å². The number of carbonyl (C=O) groups excluding carboxylic acids is 1. The molecule has 7 heteroatoms. The predicted molar refractivity (Wildman–Crippen MR) is 137 cm³/mol. The van der Waals surface area contributed by atoms with Gasteiger partial charge in [-0.2, -0.15) is 0 Å². The maximum atomic E-state index is 12.6. The molecule has 1 saturated heterocycles. The number of anilines is 1. The Morgan fingerprint density at radius 1 is 1.00 bits per heavy atom. The second-order valence-corrected chi connectivity index (χ2v) is 8.33. The molecule has 1 aliphatic heterocycles. The first-order chi connectivity index (χ1) is 17.1. The van der Waals surface area contributed by atoms with Gasteiger partial charge in [0.05, 0.1) is 32.7 Å². The van der Waals surface area contributed by atoms with Gasteiger partial charge in [0.25, 0.3) is 0 Å². The summed E-state index contributed by atoms with van der Waals surface area (Å²) in [4.78, 5) is 18.5. The number of hydrogen-bond acceptors (Lipinski definition) is 5. The van der Waals surface area contributed by atoms with E-state index in [-0.39, 0.29) is 6.03 Å². The molecule has 1 aromatic heterocycles. The minimum atomic E-state index is -0.109. The van der Waals surface area contributed by atoms with Crippen LogP contribution in [0, 0.1) is 0 Å². The van der Waals surface area contributed by atoms with E-state index in [9.17, 15) is 4.79 Å². The van der Waals surface area contributed by atoms with Crippen molar-refractivity contribution in [3.63, 3.8) is 0 Å². The number of nitrogens with one attached hydrogen (secondary N) is 1. The normalized spacial score (nSPS) is 13.2. The molecule has 35 heavy (non-hydrogen) atoms. The van der Waals surface area contributed by atoms with E-state index >= 15 is 0 Å². The number of benzene rings is 2. The predicted octanol–water partition coefficient (Wildman–Crippen LogP) is 5.43. The van der Waals surface area contributed by atoms with Gasteiger partial charge in [0.1, 0.15) is 11.5 Å². The molecule has 182 valence electrons. The number of urea groups is 1. The molecule has 0 radical (unpaired) electrons. The number of pyridine rings is 1. The number of likely N-dealkylation sites (tertiary alicyclic amines) is 1. The summed E-state index contributed by atoms with van der Waals surface area (Å²) in [6.45, 7) is 1.96. The van der Waals surface area contributed by atoms with E-state index in [4.69, 9.17) is 14.2 Å². The number of carbonyl (C=O) groups is 1. The van der Waals surface area contributed by atoms with Crippen molar-refractivity contribution in [3.05, 3.63) is 83.6 Å². The van der Waals surface area contributed by atoms with E-state index in [1.54, 1.807) is 32.5 Å². The van der Waals surface area contributed by atoms with Crippen molar-refractivity contribution < 1.29 is 19.0 Å². The highest BCUT2D eigenvalue weighted by atomic mass is 16.5. The highest BCUT2D eigenvalue weighted by Gasteiger charge is 2.19. The van der Waals surface area contributed by atoms with Gasteiger partial charge in [-0.1, -0.05) is 35.9 Å². The van der Waals surface area contributed by atoms with Crippen molar-refractivity contribution in [3.8, 4) is 17.4 Å². The summed E-state index contributed by atoms with van der Waals surface area (Å²) in [5.74, 6) is 2.23. The fraction of sp³-hybridized carbons (Fsp3) is 0.286. The number of nitrogens with zero attached hydrogens (tertiary/aromatic N) is 2. The third-order valence-electron chi connectivity index (χ3n) is 5.91. The molecule has 0 bridgehead atoms. The molecule has 0 aliphatic carbocycles. The van der Waals surface area contributed by atoms with Gasteiger partial charge < -0.3 is 24.4 Å². The smallest absolute Gasteiger partial charge is 0.321 e. The van der Waals surface area contributed by atoms with Crippen molar-refractivity contribution >= 4 is 17.8 Å². The molecule has 2 aromatic carbocycles. The molecule has 0 spiro atoms. The molecule has 1 aliphatic rings. The number of piperidine rings is 1. The Hall–Kier alpha value is -4.00. The maximum Gasteiger partial charge on any atom is 0.321 e. The minimum Gasteiger partial charge on any atom is -0.497 e. The Bertz CT molecular complexity index is 1150. The Kier molecular flexibility index (Phi) is 8.22. The molecule has 1 N–H and O–H groups in total. The first-order valence-corrected chi connectivity index (χ1v) is 11.7. The molecule has 3 aromatic rings. The lowest BCUT2D eigenvalue weighted by atomic mass is 10.0. The molecule has 0 atom stereocenters. The van der Waals surface area contributed by atoms with Gasteiger partial charge in [-0.25, -0.2) is 9.78 Å². The third-order valence-corrected chi connectivity index (χ3v) is 5.91. The lowest BCUT2D eigenvalue weighted by Crippen LogP contribution is -2.39. The van der Waals surface area contributed by atoms with Gasteiger partial charge in [-0.15, -0.1) is 0 Å². The Balaban J connectivity index is 1.26. The number of rotatable bonds is 8. The Labute approximate surface area is 206 Å². The van der Waals surface area contributed by atoms with Crippen LogP contribution in [0.2, 0.25) is 0 Å². The van der Waals surface area contributed by atoms with Crippen LogP contribution in [-0.2, 0) is 6.42 Å². The SMILES string of the molecule is COc1cccc(CCOc2cccc(C=C3CCN(C(=O)Nc4ccc(OC)nc4)CC3)c2)c1. The standard InChI is InChI=1S/C28H31N3O4/c1-33-25-7-3-5-21(18-25)13-16-35-26-8-4-6-23(19-26)17-22-11-14-31(15-12-22)28(32)30-24-9-10-27(34-2)29-20-24/h3-10,17-20H,11-16H2,1-2H3,(H,30,32). The lowest BCUT2D eigenvalue weighted by molar-refractivity contribution is 0.208. The molecular weight excluding hydrogens is 442 g/mol. The molecular formula is C28H31N3O4. The summed E-state index contributed by atoms with van der Waals surface area (Å²) in [5.41, 5.74) is 4.27. The molecule has 4 rings (SSSR count). The number of ether oxygens (including phenoxy) is 3. The second-order valence-electron chi connectivity index (χ2n) is 8.33. The van der Waals surface area contributed by atoms with Crippen LogP contribution in [0.5, 0.6) is 17.4 Å². The van der Waals surface area contributed by atoms with Gasteiger partial charge in [0.2, 0.25) is 5.88 Å².